The lowest BCUT2D eigenvalue weighted by molar-refractivity contribution is -0.0484. The summed E-state index contributed by atoms with van der Waals surface area (Å²) in [5.41, 5.74) is -0.404. The van der Waals surface area contributed by atoms with Crippen LogP contribution in [0.25, 0.3) is 0 Å². The topological polar surface area (TPSA) is 87.5 Å². The van der Waals surface area contributed by atoms with Gasteiger partial charge in [0.25, 0.3) is 5.56 Å². The number of alkyl halides is 1. The highest BCUT2D eigenvalue weighted by molar-refractivity contribution is 7.71. The second-order valence-corrected chi connectivity index (χ2v) is 4.09. The number of nitrogens with zero attached hydrogens (tertiary/aromatic N) is 1. The monoisotopic (exact) mass is 262 g/mol. The van der Waals surface area contributed by atoms with Gasteiger partial charge in [0.2, 0.25) is 0 Å². The van der Waals surface area contributed by atoms with Crippen molar-refractivity contribution in [3.63, 3.8) is 0 Å². The number of aliphatic hydroxyl groups excluding tert-OH is 2. The molecule has 17 heavy (non-hydrogen) atoms. The Hall–Kier alpha value is -1.09. The van der Waals surface area contributed by atoms with E-state index in [0.717, 1.165) is 0 Å². The van der Waals surface area contributed by atoms with Crippen molar-refractivity contribution < 1.29 is 19.3 Å². The molecule has 0 spiro atoms. The first-order valence-electron chi connectivity index (χ1n) is 4.94. The molecule has 94 valence electrons. The van der Waals surface area contributed by atoms with Crippen LogP contribution >= 0.6 is 12.2 Å². The summed E-state index contributed by atoms with van der Waals surface area (Å²) in [7, 11) is 0. The molecule has 0 saturated carbocycles. The van der Waals surface area contributed by atoms with Gasteiger partial charge in [-0.15, -0.1) is 0 Å². The standard InChI is InChI=1S/C9H11FN2O4S/c10-6-7(15)4(3-13)16-8(6)12-2-1-5(14)11-9(12)17/h1-2,4,6-8,13,15H,3H2,(H,11,14,17)/t4-,6-,7-,8-/m1/s1. The molecule has 1 aliphatic rings. The number of aromatic nitrogens is 2. The van der Waals surface area contributed by atoms with E-state index in [1.807, 2.05) is 0 Å². The molecule has 0 unspecified atom stereocenters. The zero-order valence-electron chi connectivity index (χ0n) is 8.62. The predicted molar refractivity (Wildman–Crippen MR) is 57.8 cm³/mol. The van der Waals surface area contributed by atoms with Crippen LogP contribution in [-0.2, 0) is 4.74 Å². The minimum atomic E-state index is -1.72. The van der Waals surface area contributed by atoms with E-state index in [1.54, 1.807) is 0 Å². The summed E-state index contributed by atoms with van der Waals surface area (Å²) in [6, 6.07) is 1.17. The van der Waals surface area contributed by atoms with Crippen LogP contribution in [0, 0.1) is 4.77 Å². The van der Waals surface area contributed by atoms with Crippen molar-refractivity contribution >= 4 is 12.2 Å². The van der Waals surface area contributed by atoms with Crippen molar-refractivity contribution in [2.45, 2.75) is 24.6 Å². The number of halogens is 1. The molecular formula is C9H11FN2O4S. The van der Waals surface area contributed by atoms with Crippen LogP contribution in [0.4, 0.5) is 4.39 Å². The number of hydrogen-bond donors (Lipinski definition) is 3. The molecule has 1 aliphatic heterocycles. The fraction of sp³-hybridized carbons (Fsp3) is 0.556. The molecule has 1 aromatic rings. The molecule has 1 saturated heterocycles. The summed E-state index contributed by atoms with van der Waals surface area (Å²) in [6.45, 7) is -0.491. The number of aliphatic hydroxyl groups is 2. The summed E-state index contributed by atoms with van der Waals surface area (Å²) < 4.78 is 20.1. The lowest BCUT2D eigenvalue weighted by atomic mass is 10.1. The van der Waals surface area contributed by atoms with E-state index in [0.29, 0.717) is 0 Å². The van der Waals surface area contributed by atoms with Gasteiger partial charge in [-0.25, -0.2) is 4.39 Å². The highest BCUT2D eigenvalue weighted by atomic mass is 32.1. The van der Waals surface area contributed by atoms with Crippen molar-refractivity contribution in [1.29, 1.82) is 0 Å². The van der Waals surface area contributed by atoms with E-state index >= 15 is 0 Å². The Morgan fingerprint density at radius 1 is 1.65 bits per heavy atom. The number of rotatable bonds is 2. The number of H-pyrrole nitrogens is 1. The Morgan fingerprint density at radius 3 is 2.88 bits per heavy atom. The zero-order valence-corrected chi connectivity index (χ0v) is 9.43. The average Bonchev–Trinajstić information content (AvgIpc) is 2.57. The Kier molecular flexibility index (Phi) is 3.38. The zero-order chi connectivity index (χ0) is 12.6. The first-order chi connectivity index (χ1) is 8.04. The third-order valence-corrected chi connectivity index (χ3v) is 2.91. The molecule has 0 aromatic carbocycles. The summed E-state index contributed by atoms with van der Waals surface area (Å²) in [5, 5.41) is 18.3. The third kappa shape index (κ3) is 2.16. The van der Waals surface area contributed by atoms with Gasteiger partial charge in [-0.1, -0.05) is 0 Å². The summed E-state index contributed by atoms with van der Waals surface area (Å²) in [5.74, 6) is 0. The van der Waals surface area contributed by atoms with Crippen LogP contribution in [0.1, 0.15) is 6.23 Å². The molecule has 0 radical (unpaired) electrons. The van der Waals surface area contributed by atoms with Gasteiger partial charge in [0.15, 0.2) is 17.2 Å². The highest BCUT2D eigenvalue weighted by Gasteiger charge is 2.44. The molecule has 1 fully saturated rings. The van der Waals surface area contributed by atoms with Gasteiger partial charge in [0, 0.05) is 12.3 Å². The molecule has 2 heterocycles. The quantitative estimate of drug-likeness (QED) is 0.625. The van der Waals surface area contributed by atoms with E-state index in [1.165, 1.54) is 16.8 Å². The maximum atomic E-state index is 13.7. The lowest BCUT2D eigenvalue weighted by Gasteiger charge is -2.16. The molecule has 0 amide bonds. The molecule has 1 aromatic heterocycles. The van der Waals surface area contributed by atoms with Gasteiger partial charge in [-0.3, -0.25) is 14.3 Å². The van der Waals surface area contributed by atoms with Crippen molar-refractivity contribution in [2.24, 2.45) is 0 Å². The van der Waals surface area contributed by atoms with Crippen LogP contribution in [0.3, 0.4) is 0 Å². The highest BCUT2D eigenvalue weighted by Crippen LogP contribution is 2.31. The van der Waals surface area contributed by atoms with E-state index in [-0.39, 0.29) is 4.77 Å². The van der Waals surface area contributed by atoms with E-state index < -0.39 is 36.8 Å². The van der Waals surface area contributed by atoms with Crippen LogP contribution in [0.2, 0.25) is 0 Å². The minimum Gasteiger partial charge on any atom is -0.394 e. The maximum absolute atomic E-state index is 13.7. The summed E-state index contributed by atoms with van der Waals surface area (Å²) >= 11 is 4.86. The SMILES string of the molecule is O=c1ccn([C@@H]2O[C@H](CO)[C@@H](O)[C@H]2F)c(=S)[nH]1. The molecule has 8 heteroatoms. The second-order valence-electron chi connectivity index (χ2n) is 3.70. The van der Waals surface area contributed by atoms with Crippen LogP contribution < -0.4 is 5.56 Å². The van der Waals surface area contributed by atoms with Gasteiger partial charge in [0.1, 0.15) is 12.2 Å². The maximum Gasteiger partial charge on any atom is 0.251 e. The first kappa shape index (κ1) is 12.4. The molecular weight excluding hydrogens is 251 g/mol. The average molecular weight is 262 g/mol. The minimum absolute atomic E-state index is 0.00376. The number of nitrogens with one attached hydrogen (secondary N) is 1. The van der Waals surface area contributed by atoms with E-state index in [9.17, 15) is 14.3 Å². The molecule has 6 nitrogen and oxygen atoms in total. The van der Waals surface area contributed by atoms with Gasteiger partial charge in [-0.05, 0) is 12.2 Å². The number of aromatic amines is 1. The van der Waals surface area contributed by atoms with E-state index in [2.05, 4.69) is 4.98 Å². The van der Waals surface area contributed by atoms with Gasteiger partial charge in [0.05, 0.1) is 6.61 Å². The Balaban J connectivity index is 2.35. The van der Waals surface area contributed by atoms with Crippen molar-refractivity contribution in [2.75, 3.05) is 6.61 Å². The Morgan fingerprint density at radius 2 is 2.35 bits per heavy atom. The number of hydrogen-bond acceptors (Lipinski definition) is 5. The first-order valence-corrected chi connectivity index (χ1v) is 5.35. The van der Waals surface area contributed by atoms with Crippen molar-refractivity contribution in [3.05, 3.63) is 27.4 Å². The van der Waals surface area contributed by atoms with Gasteiger partial charge in [-0.2, -0.15) is 0 Å². The van der Waals surface area contributed by atoms with Crippen LogP contribution in [-0.4, -0.2) is 44.8 Å². The van der Waals surface area contributed by atoms with Gasteiger partial charge >= 0.3 is 0 Å². The fourth-order valence-corrected chi connectivity index (χ4v) is 1.97. The van der Waals surface area contributed by atoms with Gasteiger partial charge < -0.3 is 14.9 Å². The molecule has 3 N–H and O–H groups in total. The normalized spacial score (nSPS) is 32.9. The van der Waals surface area contributed by atoms with Crippen molar-refractivity contribution in [1.82, 2.24) is 9.55 Å². The Bertz CT molecular complexity index is 516. The number of ether oxygens (including phenoxy) is 1. The second kappa shape index (κ2) is 4.65. The van der Waals surface area contributed by atoms with Crippen molar-refractivity contribution in [3.8, 4) is 0 Å². The summed E-state index contributed by atoms with van der Waals surface area (Å²) in [6.07, 6.45) is -4.00. The third-order valence-electron chi connectivity index (χ3n) is 2.60. The van der Waals surface area contributed by atoms with Crippen LogP contribution in [0.15, 0.2) is 17.1 Å². The molecule has 2 rings (SSSR count). The van der Waals surface area contributed by atoms with E-state index in [4.69, 9.17) is 22.1 Å². The molecule has 0 bridgehead atoms. The summed E-state index contributed by atoms with van der Waals surface area (Å²) in [4.78, 5) is 13.3. The molecule has 0 aliphatic carbocycles. The van der Waals surface area contributed by atoms with Crippen LogP contribution in [0.5, 0.6) is 0 Å². The Labute approximate surface area is 100 Å². The molecule has 4 atom stereocenters. The lowest BCUT2D eigenvalue weighted by Crippen LogP contribution is -2.30. The fourth-order valence-electron chi connectivity index (χ4n) is 1.71. The predicted octanol–water partition coefficient (Wildman–Crippen LogP) is -0.505. The largest absolute Gasteiger partial charge is 0.394 e. The smallest absolute Gasteiger partial charge is 0.251 e.